The molecule has 2 aromatic rings. The van der Waals surface area contributed by atoms with E-state index in [1.165, 1.54) is 18.2 Å². The van der Waals surface area contributed by atoms with Crippen LogP contribution in [-0.4, -0.2) is 25.4 Å². The molecule has 1 aliphatic heterocycles. The number of hydrogen-bond acceptors (Lipinski definition) is 3. The molecular weight excluding hydrogens is 484 g/mol. The summed E-state index contributed by atoms with van der Waals surface area (Å²) in [6.45, 7) is 2.10. The first-order valence-corrected chi connectivity index (χ1v) is 8.31. The Hall–Kier alpha value is -2.43. The number of alkyl halides is 3. The Morgan fingerprint density at radius 1 is 1.07 bits per heavy atom. The highest BCUT2D eigenvalue weighted by Gasteiger charge is 2.32. The maximum Gasteiger partial charge on any atom is 0.573 e. The normalized spacial score (nSPS) is 14.0. The van der Waals surface area contributed by atoms with Gasteiger partial charge in [0.2, 0.25) is 0 Å². The minimum Gasteiger partial charge on any atom is -0.404 e. The quantitative estimate of drug-likeness (QED) is 0.273. The van der Waals surface area contributed by atoms with Gasteiger partial charge in [0.1, 0.15) is 0 Å². The fourth-order valence-electron chi connectivity index (χ4n) is 2.64. The van der Waals surface area contributed by atoms with Crippen molar-refractivity contribution >= 4 is 41.3 Å². The first-order chi connectivity index (χ1) is 12.9. The third-order valence-corrected chi connectivity index (χ3v) is 3.93. The van der Waals surface area contributed by atoms with Crippen LogP contribution < -0.4 is 20.7 Å². The van der Waals surface area contributed by atoms with E-state index in [1.807, 2.05) is 24.3 Å². The van der Waals surface area contributed by atoms with E-state index in [1.54, 1.807) is 6.07 Å². The van der Waals surface area contributed by atoms with Gasteiger partial charge in [-0.05, 0) is 29.8 Å². The van der Waals surface area contributed by atoms with Gasteiger partial charge in [-0.2, -0.15) is 0 Å². The first-order valence-electron chi connectivity index (χ1n) is 8.31. The van der Waals surface area contributed by atoms with Gasteiger partial charge in [0.25, 0.3) is 0 Å². The fraction of sp³-hybridized carbons (Fsp3) is 0.211. The molecule has 150 valence electrons. The molecule has 0 aromatic heterocycles. The van der Waals surface area contributed by atoms with Crippen LogP contribution in [0.2, 0.25) is 0 Å². The van der Waals surface area contributed by atoms with Crippen LogP contribution in [-0.2, 0) is 6.54 Å². The summed E-state index contributed by atoms with van der Waals surface area (Å²) in [6.07, 6.45) is -0.549. The lowest BCUT2D eigenvalue weighted by Gasteiger charge is -2.17. The second-order valence-electron chi connectivity index (χ2n) is 5.91. The van der Waals surface area contributed by atoms with Gasteiger partial charge in [-0.1, -0.05) is 36.4 Å². The average molecular weight is 504 g/mol. The molecule has 0 saturated carbocycles. The van der Waals surface area contributed by atoms with Crippen LogP contribution in [0.15, 0.2) is 65.7 Å². The number of benzene rings is 2. The molecule has 5 nitrogen and oxygen atoms in total. The zero-order chi connectivity index (χ0) is 19.3. The summed E-state index contributed by atoms with van der Waals surface area (Å²) in [4.78, 5) is 6.40. The number of hydrogen-bond donors (Lipinski definition) is 2. The van der Waals surface area contributed by atoms with Gasteiger partial charge in [0, 0.05) is 18.8 Å². The summed E-state index contributed by atoms with van der Waals surface area (Å²) >= 11 is 0. The molecule has 0 aliphatic carbocycles. The lowest BCUT2D eigenvalue weighted by molar-refractivity contribution is -0.274. The number of nitrogens with two attached hydrogens (primary N) is 1. The second kappa shape index (κ2) is 9.67. The highest BCUT2D eigenvalue weighted by Crippen LogP contribution is 2.29. The first kappa shape index (κ1) is 21.9. The standard InChI is InChI=1S/C19H19F3N4O.HI/c20-19(21,22)27-17-6-2-1-5-16(17)25-18(23)24-13-14-7-9-15(10-8-14)26-11-3-4-12-26;/h1-10H,11-13H2,(H3,23,24,25);1H. The molecule has 1 aliphatic rings. The van der Waals surface area contributed by atoms with Crippen LogP contribution in [0, 0.1) is 0 Å². The molecule has 0 amide bonds. The highest BCUT2D eigenvalue weighted by molar-refractivity contribution is 14.0. The van der Waals surface area contributed by atoms with Crippen LogP contribution in [0.3, 0.4) is 0 Å². The Kier molecular flexibility index (Phi) is 7.55. The number of rotatable bonds is 5. The van der Waals surface area contributed by atoms with Crippen molar-refractivity contribution in [1.82, 2.24) is 0 Å². The highest BCUT2D eigenvalue weighted by atomic mass is 127. The van der Waals surface area contributed by atoms with E-state index >= 15 is 0 Å². The number of anilines is 2. The summed E-state index contributed by atoms with van der Waals surface area (Å²) in [7, 11) is 0. The van der Waals surface area contributed by atoms with Gasteiger partial charge in [-0.25, -0.2) is 4.99 Å². The molecule has 1 heterocycles. The molecule has 0 spiro atoms. The number of ether oxygens (including phenoxy) is 1. The van der Waals surface area contributed by atoms with E-state index in [9.17, 15) is 13.2 Å². The van der Waals surface area contributed by atoms with Crippen molar-refractivity contribution in [2.75, 3.05) is 23.3 Å². The van der Waals surface area contributed by atoms with Crippen molar-refractivity contribution in [1.29, 1.82) is 0 Å². The number of guanidine groups is 1. The van der Waals surface area contributed by atoms with Crippen molar-refractivity contribution in [2.24, 2.45) is 10.7 Å². The molecule has 9 heteroatoms. The van der Waals surface area contributed by atoms with Gasteiger partial charge in [-0.15, -0.1) is 37.1 Å². The number of nitrogens with one attached hydrogen (secondary N) is 1. The number of nitrogens with zero attached hydrogens (tertiary/aromatic N) is 2. The maximum absolute atomic E-state index is 12.5. The lowest BCUT2D eigenvalue weighted by atomic mass is 10.2. The predicted molar refractivity (Wildman–Crippen MR) is 115 cm³/mol. The van der Waals surface area contributed by atoms with Gasteiger partial charge in [0.05, 0.1) is 12.2 Å². The van der Waals surface area contributed by atoms with Crippen LogP contribution in [0.25, 0.3) is 0 Å². The molecule has 28 heavy (non-hydrogen) atoms. The van der Waals surface area contributed by atoms with Gasteiger partial charge in [-0.3, -0.25) is 0 Å². The van der Waals surface area contributed by atoms with Crippen molar-refractivity contribution in [2.45, 2.75) is 12.9 Å². The van der Waals surface area contributed by atoms with Crippen LogP contribution in [0.1, 0.15) is 5.56 Å². The molecule has 0 fully saturated rings. The summed E-state index contributed by atoms with van der Waals surface area (Å²) in [5.74, 6) is -0.368. The molecule has 2 aromatic carbocycles. The Morgan fingerprint density at radius 2 is 1.71 bits per heavy atom. The SMILES string of the molecule is I.NC(=NCc1ccc(N2CC=CC2)cc1)Nc1ccccc1OC(F)(F)F. The minimum atomic E-state index is -4.78. The fourth-order valence-corrected chi connectivity index (χ4v) is 2.64. The summed E-state index contributed by atoms with van der Waals surface area (Å²) in [6, 6.07) is 13.6. The summed E-state index contributed by atoms with van der Waals surface area (Å²) < 4.78 is 41.3. The van der Waals surface area contributed by atoms with E-state index in [0.717, 1.165) is 24.3 Å². The molecule has 0 unspecified atom stereocenters. The van der Waals surface area contributed by atoms with Gasteiger partial charge >= 0.3 is 6.36 Å². The second-order valence-corrected chi connectivity index (χ2v) is 5.91. The molecule has 3 rings (SSSR count). The Labute approximate surface area is 178 Å². The van der Waals surface area contributed by atoms with Crippen LogP contribution in [0.4, 0.5) is 24.5 Å². The largest absolute Gasteiger partial charge is 0.573 e. The van der Waals surface area contributed by atoms with E-state index < -0.39 is 6.36 Å². The smallest absolute Gasteiger partial charge is 0.404 e. The van der Waals surface area contributed by atoms with Crippen LogP contribution in [0.5, 0.6) is 5.75 Å². The Balaban J connectivity index is 0.00000280. The lowest BCUT2D eigenvalue weighted by Crippen LogP contribution is -2.24. The third kappa shape index (κ3) is 6.32. The number of aliphatic imine (C=N–C) groups is 1. The predicted octanol–water partition coefficient (Wildman–Crippen LogP) is 4.51. The van der Waals surface area contributed by atoms with E-state index in [-0.39, 0.29) is 41.4 Å². The monoisotopic (exact) mass is 504 g/mol. The number of para-hydroxylation sites is 2. The number of halogens is 4. The van der Waals surface area contributed by atoms with Gasteiger partial charge in [0.15, 0.2) is 11.7 Å². The molecule has 0 atom stereocenters. The summed E-state index contributed by atoms with van der Waals surface area (Å²) in [5, 5.41) is 2.65. The van der Waals surface area contributed by atoms with Crippen molar-refractivity contribution in [3.05, 3.63) is 66.2 Å². The Morgan fingerprint density at radius 3 is 2.36 bits per heavy atom. The summed E-state index contributed by atoms with van der Waals surface area (Å²) in [5.41, 5.74) is 7.95. The zero-order valence-electron chi connectivity index (χ0n) is 14.8. The molecule has 3 N–H and O–H groups in total. The molecule has 0 saturated heterocycles. The van der Waals surface area contributed by atoms with E-state index in [0.29, 0.717) is 6.54 Å². The topological polar surface area (TPSA) is 62.9 Å². The average Bonchev–Trinajstić information content (AvgIpc) is 3.16. The van der Waals surface area contributed by atoms with E-state index in [4.69, 9.17) is 5.73 Å². The van der Waals surface area contributed by atoms with Crippen LogP contribution >= 0.6 is 24.0 Å². The zero-order valence-corrected chi connectivity index (χ0v) is 17.1. The maximum atomic E-state index is 12.5. The Bertz CT molecular complexity index is 830. The molecule has 0 bridgehead atoms. The molecule has 0 radical (unpaired) electrons. The third-order valence-electron chi connectivity index (χ3n) is 3.93. The van der Waals surface area contributed by atoms with Crippen molar-refractivity contribution in [3.8, 4) is 5.75 Å². The van der Waals surface area contributed by atoms with Crippen molar-refractivity contribution < 1.29 is 17.9 Å². The van der Waals surface area contributed by atoms with Crippen molar-refractivity contribution in [3.63, 3.8) is 0 Å². The van der Waals surface area contributed by atoms with Gasteiger partial charge < -0.3 is 20.7 Å². The molecular formula is C19H20F3IN4O. The van der Waals surface area contributed by atoms with E-state index in [2.05, 4.69) is 32.1 Å². The minimum absolute atomic E-state index is 0.